The molecule has 2 amide bonds. The molecular weight excluding hydrogens is 358 g/mol. The molecule has 3 aromatic rings. The van der Waals surface area contributed by atoms with Crippen molar-refractivity contribution < 1.29 is 9.59 Å². The summed E-state index contributed by atoms with van der Waals surface area (Å²) in [5.74, 6) is 0.102. The van der Waals surface area contributed by atoms with E-state index < -0.39 is 0 Å². The maximum atomic E-state index is 12.6. The zero-order chi connectivity index (χ0) is 20.3. The van der Waals surface area contributed by atoms with E-state index >= 15 is 0 Å². The minimum Gasteiger partial charge on any atom is -0.325 e. The number of hydrogen-bond donors (Lipinski definition) is 2. The molecule has 2 heterocycles. The Hall–Kier alpha value is -3.33. The van der Waals surface area contributed by atoms with Gasteiger partial charge in [-0.1, -0.05) is 13.8 Å². The lowest BCUT2D eigenvalue weighted by atomic mass is 10.1. The first-order valence-corrected chi connectivity index (χ1v) is 8.90. The molecule has 1 aromatic carbocycles. The van der Waals surface area contributed by atoms with Crippen LogP contribution in [0.1, 0.15) is 35.9 Å². The second-order valence-corrected chi connectivity index (χ2v) is 7.01. The number of likely N-dealkylation sites (N-methyl/N-ethyl adjacent to an activating group) is 1. The van der Waals surface area contributed by atoms with E-state index in [0.29, 0.717) is 23.7 Å². The number of carbonyl (C=O) groups excluding carboxylic acids is 2. The predicted octanol–water partition coefficient (Wildman–Crippen LogP) is 2.00. The van der Waals surface area contributed by atoms with Crippen molar-refractivity contribution in [1.29, 1.82) is 0 Å². The van der Waals surface area contributed by atoms with Crippen molar-refractivity contribution in [3.05, 3.63) is 48.0 Å². The summed E-state index contributed by atoms with van der Waals surface area (Å²) >= 11 is 0. The van der Waals surface area contributed by atoms with Crippen LogP contribution in [0.3, 0.4) is 0 Å². The fourth-order valence-corrected chi connectivity index (χ4v) is 2.68. The molecule has 0 aliphatic carbocycles. The molecule has 2 aromatic heterocycles. The van der Waals surface area contributed by atoms with Crippen LogP contribution in [-0.4, -0.2) is 56.9 Å². The van der Waals surface area contributed by atoms with Gasteiger partial charge >= 0.3 is 0 Å². The van der Waals surface area contributed by atoms with Crippen LogP contribution < -0.4 is 10.6 Å². The molecule has 0 radical (unpaired) electrons. The van der Waals surface area contributed by atoms with E-state index in [-0.39, 0.29) is 23.4 Å². The third-order valence-corrected chi connectivity index (χ3v) is 3.99. The second-order valence-electron chi connectivity index (χ2n) is 7.01. The number of carbonyl (C=O) groups is 2. The third-order valence-electron chi connectivity index (χ3n) is 3.99. The van der Waals surface area contributed by atoms with Crippen LogP contribution in [0.4, 0.5) is 11.4 Å². The van der Waals surface area contributed by atoms with Gasteiger partial charge < -0.3 is 15.5 Å². The van der Waals surface area contributed by atoms with Gasteiger partial charge in [0, 0.05) is 11.4 Å². The van der Waals surface area contributed by atoms with Gasteiger partial charge in [0.2, 0.25) is 5.91 Å². The predicted molar refractivity (Wildman–Crippen MR) is 106 cm³/mol. The van der Waals surface area contributed by atoms with Crippen LogP contribution in [0.2, 0.25) is 0 Å². The Morgan fingerprint density at radius 2 is 1.75 bits per heavy atom. The average Bonchev–Trinajstić information content (AvgIpc) is 3.10. The van der Waals surface area contributed by atoms with Crippen LogP contribution in [0.5, 0.6) is 0 Å². The van der Waals surface area contributed by atoms with Crippen LogP contribution in [0.25, 0.3) is 5.78 Å². The second kappa shape index (κ2) is 8.13. The largest absolute Gasteiger partial charge is 0.325 e. The van der Waals surface area contributed by atoms with E-state index in [1.807, 2.05) is 27.9 Å². The maximum Gasteiger partial charge on any atom is 0.274 e. The standard InChI is InChI=1S/C19H23N7O2/c1-12(2)16-9-15(24-19-20-11-21-26(16)19)18(28)23-14-7-5-13(6-8-14)22-17(27)10-25(3)4/h5-9,11-12H,10H2,1-4H3,(H,22,27)(H,23,28). The average molecular weight is 381 g/mol. The maximum absolute atomic E-state index is 12.6. The highest BCUT2D eigenvalue weighted by molar-refractivity contribution is 6.03. The smallest absolute Gasteiger partial charge is 0.274 e. The summed E-state index contributed by atoms with van der Waals surface area (Å²) < 4.78 is 1.63. The van der Waals surface area contributed by atoms with Gasteiger partial charge in [0.1, 0.15) is 12.0 Å². The van der Waals surface area contributed by atoms with Gasteiger partial charge in [0.15, 0.2) is 0 Å². The zero-order valence-corrected chi connectivity index (χ0v) is 16.3. The lowest BCUT2D eigenvalue weighted by molar-refractivity contribution is -0.116. The van der Waals surface area contributed by atoms with Crippen LogP contribution >= 0.6 is 0 Å². The topological polar surface area (TPSA) is 105 Å². The van der Waals surface area contributed by atoms with Gasteiger partial charge in [-0.05, 0) is 50.3 Å². The molecule has 3 rings (SSSR count). The molecule has 2 N–H and O–H groups in total. The van der Waals surface area contributed by atoms with Crippen molar-refractivity contribution >= 4 is 29.0 Å². The Bertz CT molecular complexity index is 993. The Labute approximate surface area is 162 Å². The summed E-state index contributed by atoms with van der Waals surface area (Å²) in [6, 6.07) is 8.64. The van der Waals surface area contributed by atoms with Gasteiger partial charge in [0.25, 0.3) is 11.7 Å². The van der Waals surface area contributed by atoms with Crippen molar-refractivity contribution in [1.82, 2.24) is 24.5 Å². The number of fused-ring (bicyclic) bond motifs is 1. The molecule has 0 saturated carbocycles. The fraction of sp³-hybridized carbons (Fsp3) is 0.316. The van der Waals surface area contributed by atoms with Gasteiger partial charge in [-0.3, -0.25) is 9.59 Å². The molecule has 0 unspecified atom stereocenters. The van der Waals surface area contributed by atoms with E-state index in [9.17, 15) is 9.59 Å². The van der Waals surface area contributed by atoms with E-state index in [2.05, 4.69) is 25.7 Å². The van der Waals surface area contributed by atoms with E-state index in [1.165, 1.54) is 6.33 Å². The number of anilines is 2. The number of nitrogens with zero attached hydrogens (tertiary/aromatic N) is 5. The van der Waals surface area contributed by atoms with Crippen molar-refractivity contribution in [2.75, 3.05) is 31.3 Å². The van der Waals surface area contributed by atoms with Gasteiger partial charge in [-0.25, -0.2) is 9.50 Å². The summed E-state index contributed by atoms with van der Waals surface area (Å²) in [4.78, 5) is 34.6. The van der Waals surface area contributed by atoms with Gasteiger partial charge in [-0.2, -0.15) is 10.1 Å². The van der Waals surface area contributed by atoms with Gasteiger partial charge in [-0.15, -0.1) is 0 Å². The highest BCUT2D eigenvalue weighted by Gasteiger charge is 2.15. The monoisotopic (exact) mass is 381 g/mol. The van der Waals surface area contributed by atoms with E-state index in [0.717, 1.165) is 5.69 Å². The summed E-state index contributed by atoms with van der Waals surface area (Å²) in [6.45, 7) is 4.33. The fourth-order valence-electron chi connectivity index (χ4n) is 2.68. The number of benzene rings is 1. The Kier molecular flexibility index (Phi) is 5.65. The molecule has 146 valence electrons. The Morgan fingerprint density at radius 3 is 2.36 bits per heavy atom. The van der Waals surface area contributed by atoms with Crippen LogP contribution in [0.15, 0.2) is 36.7 Å². The van der Waals surface area contributed by atoms with E-state index in [1.54, 1.807) is 39.7 Å². The highest BCUT2D eigenvalue weighted by Crippen LogP contribution is 2.18. The zero-order valence-electron chi connectivity index (χ0n) is 16.3. The first-order valence-electron chi connectivity index (χ1n) is 8.90. The van der Waals surface area contributed by atoms with Crippen molar-refractivity contribution in [3.63, 3.8) is 0 Å². The first-order chi connectivity index (χ1) is 13.3. The SMILES string of the molecule is CC(C)c1cc(C(=O)Nc2ccc(NC(=O)CN(C)C)cc2)nc2ncnn12. The lowest BCUT2D eigenvalue weighted by Crippen LogP contribution is -2.27. The molecule has 0 aliphatic heterocycles. The summed E-state index contributed by atoms with van der Waals surface area (Å²) in [5, 5.41) is 9.76. The molecular formula is C19H23N7O2. The molecule has 0 spiro atoms. The molecule has 0 atom stereocenters. The van der Waals surface area contributed by atoms with Crippen LogP contribution in [0, 0.1) is 0 Å². The molecule has 0 fully saturated rings. The molecule has 28 heavy (non-hydrogen) atoms. The Balaban J connectivity index is 1.73. The minimum absolute atomic E-state index is 0.103. The molecule has 9 heteroatoms. The number of nitrogens with one attached hydrogen (secondary N) is 2. The first kappa shape index (κ1) is 19.4. The number of hydrogen-bond acceptors (Lipinski definition) is 6. The van der Waals surface area contributed by atoms with Crippen molar-refractivity contribution in [2.24, 2.45) is 0 Å². The Morgan fingerprint density at radius 1 is 1.11 bits per heavy atom. The van der Waals surface area contributed by atoms with Gasteiger partial charge in [0.05, 0.1) is 12.2 Å². The van der Waals surface area contributed by atoms with E-state index in [4.69, 9.17) is 0 Å². The number of rotatable bonds is 6. The molecule has 9 nitrogen and oxygen atoms in total. The molecule has 0 bridgehead atoms. The molecule has 0 aliphatic rings. The summed E-state index contributed by atoms with van der Waals surface area (Å²) in [6.07, 6.45) is 1.42. The summed E-state index contributed by atoms with van der Waals surface area (Å²) in [5.41, 5.74) is 2.39. The molecule has 0 saturated heterocycles. The number of aromatic nitrogens is 4. The highest BCUT2D eigenvalue weighted by atomic mass is 16.2. The quantitative estimate of drug-likeness (QED) is 0.677. The van der Waals surface area contributed by atoms with Crippen molar-refractivity contribution in [2.45, 2.75) is 19.8 Å². The van der Waals surface area contributed by atoms with Crippen molar-refractivity contribution in [3.8, 4) is 0 Å². The number of amides is 2. The lowest BCUT2D eigenvalue weighted by Gasteiger charge is -2.11. The third kappa shape index (κ3) is 4.49. The normalized spacial score (nSPS) is 11.2. The van der Waals surface area contributed by atoms with Crippen LogP contribution in [-0.2, 0) is 4.79 Å². The summed E-state index contributed by atoms with van der Waals surface area (Å²) in [7, 11) is 3.65. The minimum atomic E-state index is -0.336.